The minimum atomic E-state index is 0.529. The van der Waals surface area contributed by atoms with Crippen LogP contribution in [0.1, 0.15) is 5.56 Å². The van der Waals surface area contributed by atoms with Crippen molar-refractivity contribution < 1.29 is 0 Å². The first-order chi connectivity index (χ1) is 8.79. The molecular weight excluding hydrogens is 248 g/mol. The zero-order valence-electron chi connectivity index (χ0n) is 9.55. The van der Waals surface area contributed by atoms with Gasteiger partial charge in [-0.15, -0.1) is 10.2 Å². The highest BCUT2D eigenvalue weighted by Crippen LogP contribution is 2.22. The molecule has 18 heavy (non-hydrogen) atoms. The SMILES string of the molecule is NCc1ccc(-c2nnc3cccc(Cl)n23)cc1. The number of hydrogen-bond donors (Lipinski definition) is 1. The normalized spacial score (nSPS) is 11.0. The zero-order valence-corrected chi connectivity index (χ0v) is 10.3. The second-order valence-corrected chi connectivity index (χ2v) is 4.35. The molecule has 90 valence electrons. The third-order valence-electron chi connectivity index (χ3n) is 2.83. The first-order valence-corrected chi connectivity index (χ1v) is 5.96. The topological polar surface area (TPSA) is 56.2 Å². The number of nitrogens with zero attached hydrogens (tertiary/aromatic N) is 3. The van der Waals surface area contributed by atoms with E-state index in [1.165, 1.54) is 0 Å². The van der Waals surface area contributed by atoms with Gasteiger partial charge in [0, 0.05) is 12.1 Å². The highest BCUT2D eigenvalue weighted by atomic mass is 35.5. The van der Waals surface area contributed by atoms with Crippen LogP contribution in [-0.2, 0) is 6.54 Å². The number of hydrogen-bond acceptors (Lipinski definition) is 3. The average molecular weight is 259 g/mol. The molecule has 0 bridgehead atoms. The van der Waals surface area contributed by atoms with Gasteiger partial charge in [0.05, 0.1) is 0 Å². The fourth-order valence-corrected chi connectivity index (χ4v) is 2.12. The Hall–Kier alpha value is -1.91. The van der Waals surface area contributed by atoms with Gasteiger partial charge in [0.25, 0.3) is 0 Å². The maximum absolute atomic E-state index is 6.17. The molecule has 0 spiro atoms. The third kappa shape index (κ3) is 1.75. The Bertz CT molecular complexity index is 688. The van der Waals surface area contributed by atoms with Crippen molar-refractivity contribution in [3.05, 3.63) is 53.2 Å². The summed E-state index contributed by atoms with van der Waals surface area (Å²) in [5.74, 6) is 0.735. The fourth-order valence-electron chi connectivity index (χ4n) is 1.88. The molecule has 0 saturated carbocycles. The van der Waals surface area contributed by atoms with Crippen molar-refractivity contribution in [2.75, 3.05) is 0 Å². The molecule has 2 aromatic heterocycles. The van der Waals surface area contributed by atoms with Crippen molar-refractivity contribution in [3.8, 4) is 11.4 Å². The predicted octanol–water partition coefficient (Wildman–Crippen LogP) is 2.51. The summed E-state index contributed by atoms with van der Waals surface area (Å²) in [4.78, 5) is 0. The maximum atomic E-state index is 6.17. The van der Waals surface area contributed by atoms with Crippen molar-refractivity contribution in [2.45, 2.75) is 6.54 Å². The van der Waals surface area contributed by atoms with Crippen LogP contribution in [0.5, 0.6) is 0 Å². The molecule has 3 aromatic rings. The van der Waals surface area contributed by atoms with E-state index >= 15 is 0 Å². The molecule has 2 N–H and O–H groups in total. The van der Waals surface area contributed by atoms with Crippen molar-refractivity contribution >= 4 is 17.2 Å². The molecule has 0 unspecified atom stereocenters. The molecule has 0 amide bonds. The first-order valence-electron chi connectivity index (χ1n) is 5.58. The number of aromatic nitrogens is 3. The number of halogens is 1. The molecule has 0 radical (unpaired) electrons. The second kappa shape index (κ2) is 4.40. The van der Waals surface area contributed by atoms with Crippen LogP contribution in [0.2, 0.25) is 5.15 Å². The van der Waals surface area contributed by atoms with E-state index in [0.29, 0.717) is 11.7 Å². The summed E-state index contributed by atoms with van der Waals surface area (Å²) >= 11 is 6.17. The fraction of sp³-hybridized carbons (Fsp3) is 0.0769. The van der Waals surface area contributed by atoms with Gasteiger partial charge in [-0.05, 0) is 17.7 Å². The summed E-state index contributed by atoms with van der Waals surface area (Å²) in [7, 11) is 0. The molecule has 0 atom stereocenters. The van der Waals surface area contributed by atoms with Crippen molar-refractivity contribution in [2.24, 2.45) is 5.73 Å². The number of nitrogens with two attached hydrogens (primary N) is 1. The Morgan fingerprint density at radius 1 is 1.06 bits per heavy atom. The van der Waals surface area contributed by atoms with Gasteiger partial charge >= 0.3 is 0 Å². The Labute approximate surface area is 109 Å². The first kappa shape index (κ1) is 11.2. The van der Waals surface area contributed by atoms with E-state index in [0.717, 1.165) is 22.6 Å². The lowest BCUT2D eigenvalue weighted by Gasteiger charge is -2.03. The molecule has 0 fully saturated rings. The predicted molar refractivity (Wildman–Crippen MR) is 71.3 cm³/mol. The summed E-state index contributed by atoms with van der Waals surface area (Å²) in [6, 6.07) is 13.4. The van der Waals surface area contributed by atoms with Crippen LogP contribution in [0.3, 0.4) is 0 Å². The molecule has 3 rings (SSSR count). The standard InChI is InChI=1S/C13H11ClN4/c14-11-2-1-3-12-16-17-13(18(11)12)10-6-4-9(8-15)5-7-10/h1-7H,8,15H2. The van der Waals surface area contributed by atoms with Gasteiger partial charge in [0.2, 0.25) is 0 Å². The van der Waals surface area contributed by atoms with Crippen LogP contribution >= 0.6 is 11.6 Å². The van der Waals surface area contributed by atoms with Crippen LogP contribution in [0.4, 0.5) is 0 Å². The van der Waals surface area contributed by atoms with Crippen LogP contribution in [0.15, 0.2) is 42.5 Å². The Morgan fingerprint density at radius 2 is 1.83 bits per heavy atom. The van der Waals surface area contributed by atoms with Gasteiger partial charge in [0.15, 0.2) is 11.5 Å². The molecule has 2 heterocycles. The van der Waals surface area contributed by atoms with E-state index in [4.69, 9.17) is 17.3 Å². The van der Waals surface area contributed by atoms with Gasteiger partial charge in [-0.2, -0.15) is 0 Å². The Balaban J connectivity index is 2.18. The summed E-state index contributed by atoms with van der Waals surface area (Å²) in [6.45, 7) is 0.529. The van der Waals surface area contributed by atoms with Crippen LogP contribution in [-0.4, -0.2) is 14.6 Å². The number of pyridine rings is 1. The molecule has 0 aliphatic heterocycles. The third-order valence-corrected chi connectivity index (χ3v) is 3.12. The van der Waals surface area contributed by atoms with E-state index in [-0.39, 0.29) is 0 Å². The quantitative estimate of drug-likeness (QED) is 0.719. The smallest absolute Gasteiger partial charge is 0.169 e. The minimum absolute atomic E-state index is 0.529. The Morgan fingerprint density at radius 3 is 2.56 bits per heavy atom. The monoisotopic (exact) mass is 258 g/mol. The maximum Gasteiger partial charge on any atom is 0.169 e. The molecule has 5 heteroatoms. The highest BCUT2D eigenvalue weighted by molar-refractivity contribution is 6.29. The lowest BCUT2D eigenvalue weighted by Crippen LogP contribution is -1.96. The van der Waals surface area contributed by atoms with E-state index in [9.17, 15) is 0 Å². The molecule has 0 aliphatic rings. The number of rotatable bonds is 2. The molecule has 0 aliphatic carbocycles. The van der Waals surface area contributed by atoms with Gasteiger partial charge in [-0.1, -0.05) is 41.9 Å². The van der Waals surface area contributed by atoms with Gasteiger partial charge < -0.3 is 5.73 Å². The zero-order chi connectivity index (χ0) is 12.5. The van der Waals surface area contributed by atoms with E-state index in [2.05, 4.69) is 10.2 Å². The second-order valence-electron chi connectivity index (χ2n) is 3.97. The number of benzene rings is 1. The van der Waals surface area contributed by atoms with Gasteiger partial charge in [0.1, 0.15) is 5.15 Å². The highest BCUT2D eigenvalue weighted by Gasteiger charge is 2.09. The van der Waals surface area contributed by atoms with E-state index in [1.807, 2.05) is 46.9 Å². The summed E-state index contributed by atoms with van der Waals surface area (Å²) in [5, 5.41) is 8.87. The van der Waals surface area contributed by atoms with Gasteiger partial charge in [-0.3, -0.25) is 4.40 Å². The average Bonchev–Trinajstić information content (AvgIpc) is 2.84. The van der Waals surface area contributed by atoms with E-state index < -0.39 is 0 Å². The summed E-state index contributed by atoms with van der Waals surface area (Å²) < 4.78 is 1.82. The van der Waals surface area contributed by atoms with Crippen LogP contribution < -0.4 is 5.73 Å². The number of fused-ring (bicyclic) bond motifs is 1. The lowest BCUT2D eigenvalue weighted by atomic mass is 10.1. The lowest BCUT2D eigenvalue weighted by molar-refractivity contribution is 1.07. The molecule has 4 nitrogen and oxygen atoms in total. The summed E-state index contributed by atoms with van der Waals surface area (Å²) in [5.41, 5.74) is 8.36. The Kier molecular flexibility index (Phi) is 2.74. The summed E-state index contributed by atoms with van der Waals surface area (Å²) in [6.07, 6.45) is 0. The van der Waals surface area contributed by atoms with Crippen LogP contribution in [0.25, 0.3) is 17.0 Å². The van der Waals surface area contributed by atoms with Crippen LogP contribution in [0, 0.1) is 0 Å². The molecule has 1 aromatic carbocycles. The molecular formula is C13H11ClN4. The molecule has 0 saturated heterocycles. The minimum Gasteiger partial charge on any atom is -0.326 e. The van der Waals surface area contributed by atoms with Crippen molar-refractivity contribution in [1.82, 2.24) is 14.6 Å². The van der Waals surface area contributed by atoms with Gasteiger partial charge in [-0.25, -0.2) is 0 Å². The van der Waals surface area contributed by atoms with Crippen molar-refractivity contribution in [1.29, 1.82) is 0 Å². The largest absolute Gasteiger partial charge is 0.326 e. The van der Waals surface area contributed by atoms with E-state index in [1.54, 1.807) is 0 Å². The van der Waals surface area contributed by atoms with Crippen molar-refractivity contribution in [3.63, 3.8) is 0 Å².